The summed E-state index contributed by atoms with van der Waals surface area (Å²) in [5.41, 5.74) is 1.78. The van der Waals surface area contributed by atoms with Crippen LogP contribution in [0.1, 0.15) is 58.9 Å². The van der Waals surface area contributed by atoms with E-state index in [0.717, 1.165) is 35.2 Å². The van der Waals surface area contributed by atoms with Crippen molar-refractivity contribution in [2.75, 3.05) is 5.32 Å². The number of imidazole rings is 1. The maximum Gasteiger partial charge on any atom is 0.226 e. The van der Waals surface area contributed by atoms with Crippen LogP contribution in [0.2, 0.25) is 5.28 Å². The van der Waals surface area contributed by atoms with Gasteiger partial charge in [0.05, 0.1) is 18.5 Å². The van der Waals surface area contributed by atoms with E-state index in [1.54, 1.807) is 0 Å². The van der Waals surface area contributed by atoms with Crippen LogP contribution in [0.4, 0.5) is 5.82 Å². The van der Waals surface area contributed by atoms with Gasteiger partial charge in [0, 0.05) is 11.5 Å². The fraction of sp³-hybridized carbons (Fsp3) is 0.773. The quantitative estimate of drug-likeness (QED) is 0.718. The highest BCUT2D eigenvalue weighted by Gasteiger charge is 2.73. The third-order valence-electron chi connectivity index (χ3n) is 8.15. The molecular weight excluding hydrogens is 402 g/mol. The van der Waals surface area contributed by atoms with Crippen LogP contribution in [-0.2, 0) is 9.47 Å². The zero-order valence-corrected chi connectivity index (χ0v) is 18.4. The van der Waals surface area contributed by atoms with Crippen LogP contribution in [0, 0.1) is 23.2 Å². The molecule has 8 heteroatoms. The van der Waals surface area contributed by atoms with Crippen LogP contribution in [0.3, 0.4) is 0 Å². The van der Waals surface area contributed by atoms with Gasteiger partial charge in [0.15, 0.2) is 22.8 Å². The molecule has 0 spiro atoms. The molecule has 3 heterocycles. The summed E-state index contributed by atoms with van der Waals surface area (Å²) in [4.78, 5) is 13.9. The number of nitrogens with zero attached hydrogens (tertiary/aromatic N) is 4. The Morgan fingerprint density at radius 2 is 1.87 bits per heavy atom. The van der Waals surface area contributed by atoms with Gasteiger partial charge in [0.25, 0.3) is 0 Å². The van der Waals surface area contributed by atoms with E-state index in [1.807, 2.05) is 20.2 Å². The van der Waals surface area contributed by atoms with Crippen LogP contribution < -0.4 is 5.32 Å². The molecule has 0 radical (unpaired) electrons. The van der Waals surface area contributed by atoms with Crippen molar-refractivity contribution in [2.24, 2.45) is 23.2 Å². The predicted octanol–water partition coefficient (Wildman–Crippen LogP) is 4.18. The summed E-state index contributed by atoms with van der Waals surface area (Å²) in [5, 5.41) is 3.98. The molecule has 1 saturated heterocycles. The van der Waals surface area contributed by atoms with Gasteiger partial charge in [-0.05, 0) is 75.3 Å². The average Bonchev–Trinajstić information content (AvgIpc) is 3.59. The molecule has 30 heavy (non-hydrogen) atoms. The Morgan fingerprint density at radius 3 is 2.57 bits per heavy atom. The molecular formula is C22H28ClN5O2. The zero-order valence-electron chi connectivity index (χ0n) is 17.6. The number of fused-ring (bicyclic) bond motifs is 4. The number of rotatable bonds is 5. The molecule has 2 aromatic rings. The molecule has 7 rings (SSSR count). The normalized spacial score (nSPS) is 38.8. The van der Waals surface area contributed by atoms with Crippen molar-refractivity contribution in [1.29, 1.82) is 0 Å². The van der Waals surface area contributed by atoms with Gasteiger partial charge in [-0.25, -0.2) is 4.98 Å². The SMILES string of the molecule is CC1(C)O[C@H]2[C@H](n3cnc4c(NC(C5CC5)C5CC5)nc(Cl)nc43)[C@H]3C[C@@]3(C)[C@H]2O1. The predicted molar refractivity (Wildman–Crippen MR) is 112 cm³/mol. The van der Waals surface area contributed by atoms with E-state index < -0.39 is 5.79 Å². The van der Waals surface area contributed by atoms with Crippen LogP contribution >= 0.6 is 11.6 Å². The minimum absolute atomic E-state index is 0.0111. The van der Waals surface area contributed by atoms with Gasteiger partial charge in [0.1, 0.15) is 6.10 Å². The highest BCUT2D eigenvalue weighted by molar-refractivity contribution is 6.28. The summed E-state index contributed by atoms with van der Waals surface area (Å²) in [6.45, 7) is 6.34. The Kier molecular flexibility index (Phi) is 3.43. The lowest BCUT2D eigenvalue weighted by Crippen LogP contribution is -2.31. The highest BCUT2D eigenvalue weighted by Crippen LogP contribution is 2.71. The van der Waals surface area contributed by atoms with Gasteiger partial charge in [-0.2, -0.15) is 9.97 Å². The number of anilines is 1. The molecule has 0 aromatic carbocycles. The molecule has 5 atom stereocenters. The third kappa shape index (κ3) is 2.55. The van der Waals surface area contributed by atoms with E-state index in [0.29, 0.717) is 12.0 Å². The molecule has 160 valence electrons. The first-order chi connectivity index (χ1) is 14.3. The van der Waals surface area contributed by atoms with Crippen molar-refractivity contribution < 1.29 is 9.47 Å². The van der Waals surface area contributed by atoms with E-state index in [4.69, 9.17) is 26.1 Å². The molecule has 0 amide bonds. The summed E-state index contributed by atoms with van der Waals surface area (Å²) in [5.74, 6) is 2.26. The molecule has 4 saturated carbocycles. The largest absolute Gasteiger partial charge is 0.365 e. The number of hydrogen-bond acceptors (Lipinski definition) is 6. The maximum absolute atomic E-state index is 6.40. The Hall–Kier alpha value is -1.44. The molecule has 0 unspecified atom stereocenters. The van der Waals surface area contributed by atoms with E-state index in [1.165, 1.54) is 25.7 Å². The van der Waals surface area contributed by atoms with Gasteiger partial charge >= 0.3 is 0 Å². The molecule has 2 aromatic heterocycles. The first-order valence-electron chi connectivity index (χ1n) is 11.4. The van der Waals surface area contributed by atoms with Gasteiger partial charge in [-0.3, -0.25) is 0 Å². The Labute approximate surface area is 180 Å². The van der Waals surface area contributed by atoms with Crippen molar-refractivity contribution in [2.45, 2.75) is 83.0 Å². The van der Waals surface area contributed by atoms with Crippen molar-refractivity contribution in [3.63, 3.8) is 0 Å². The molecule has 4 aliphatic carbocycles. The lowest BCUT2D eigenvalue weighted by molar-refractivity contribution is -0.160. The van der Waals surface area contributed by atoms with Crippen molar-refractivity contribution in [3.05, 3.63) is 11.6 Å². The molecule has 5 aliphatic rings. The monoisotopic (exact) mass is 429 g/mol. The topological polar surface area (TPSA) is 74.1 Å². The summed E-state index contributed by atoms with van der Waals surface area (Å²) >= 11 is 6.40. The lowest BCUT2D eigenvalue weighted by Gasteiger charge is -2.24. The Morgan fingerprint density at radius 1 is 1.13 bits per heavy atom. The number of hydrogen-bond donors (Lipinski definition) is 1. The highest BCUT2D eigenvalue weighted by atomic mass is 35.5. The fourth-order valence-electron chi connectivity index (χ4n) is 6.28. The fourth-order valence-corrected chi connectivity index (χ4v) is 6.45. The standard InChI is InChI=1S/C22H28ClN5O2/c1-21(2)29-16-15(12-8-22(12,3)17(16)30-21)28-9-24-14-18(26-20(23)27-19(14)28)25-13(10-4-5-10)11-6-7-11/h9-13,15-17H,4-8H2,1-3H3,(H,25,26,27)/t12-,15-,16+,17+,22-/m1/s1. The van der Waals surface area contributed by atoms with E-state index in [-0.39, 0.29) is 28.9 Å². The van der Waals surface area contributed by atoms with Gasteiger partial charge < -0.3 is 19.4 Å². The molecule has 7 nitrogen and oxygen atoms in total. The second-order valence-electron chi connectivity index (χ2n) is 10.8. The Balaban J connectivity index is 1.28. The molecule has 1 aliphatic heterocycles. The van der Waals surface area contributed by atoms with E-state index >= 15 is 0 Å². The van der Waals surface area contributed by atoms with Crippen molar-refractivity contribution >= 4 is 28.6 Å². The van der Waals surface area contributed by atoms with E-state index in [9.17, 15) is 0 Å². The number of halogens is 1. The smallest absolute Gasteiger partial charge is 0.226 e. The minimum atomic E-state index is -0.554. The van der Waals surface area contributed by atoms with Crippen LogP contribution in [0.15, 0.2) is 6.33 Å². The van der Waals surface area contributed by atoms with Gasteiger partial charge in [0.2, 0.25) is 5.28 Å². The molecule has 5 fully saturated rings. The van der Waals surface area contributed by atoms with E-state index in [2.05, 4.69) is 26.8 Å². The molecule has 1 N–H and O–H groups in total. The Bertz CT molecular complexity index is 1040. The lowest BCUT2D eigenvalue weighted by atomic mass is 10.0. The zero-order chi connectivity index (χ0) is 20.4. The van der Waals surface area contributed by atoms with Crippen LogP contribution in [0.25, 0.3) is 11.2 Å². The number of aromatic nitrogens is 4. The number of ether oxygens (including phenoxy) is 2. The van der Waals surface area contributed by atoms with Crippen molar-refractivity contribution in [3.8, 4) is 0 Å². The van der Waals surface area contributed by atoms with Crippen LogP contribution in [0.5, 0.6) is 0 Å². The minimum Gasteiger partial charge on any atom is -0.365 e. The van der Waals surface area contributed by atoms with Crippen molar-refractivity contribution in [1.82, 2.24) is 19.5 Å². The van der Waals surface area contributed by atoms with Crippen LogP contribution in [-0.4, -0.2) is 43.6 Å². The summed E-state index contributed by atoms with van der Waals surface area (Å²) < 4.78 is 14.9. The van der Waals surface area contributed by atoms with Gasteiger partial charge in [-0.1, -0.05) is 6.92 Å². The third-order valence-corrected chi connectivity index (χ3v) is 8.32. The second-order valence-corrected chi connectivity index (χ2v) is 11.2. The first kappa shape index (κ1) is 18.2. The van der Waals surface area contributed by atoms with Gasteiger partial charge in [-0.15, -0.1) is 0 Å². The average molecular weight is 430 g/mol. The second kappa shape index (κ2) is 5.67. The molecule has 0 bridgehead atoms. The number of nitrogens with one attached hydrogen (secondary N) is 1. The summed E-state index contributed by atoms with van der Waals surface area (Å²) in [6.07, 6.45) is 8.41. The summed E-state index contributed by atoms with van der Waals surface area (Å²) in [7, 11) is 0. The first-order valence-corrected chi connectivity index (χ1v) is 11.7. The maximum atomic E-state index is 6.40. The summed E-state index contributed by atoms with van der Waals surface area (Å²) in [6, 6.07) is 0.646.